The van der Waals surface area contributed by atoms with E-state index in [1.165, 1.54) is 28.6 Å². The first-order chi connectivity index (χ1) is 12.9. The minimum atomic E-state index is -3.77. The summed E-state index contributed by atoms with van der Waals surface area (Å²) in [6.45, 7) is 0.650. The van der Waals surface area contributed by atoms with Crippen molar-refractivity contribution in [2.24, 2.45) is 5.92 Å². The molecule has 2 aromatic rings. The molecule has 1 amide bonds. The third-order valence-electron chi connectivity index (χ3n) is 4.59. The summed E-state index contributed by atoms with van der Waals surface area (Å²) < 4.78 is 52.7. The lowest BCUT2D eigenvalue weighted by atomic mass is 9.99. The Hall–Kier alpha value is -2.32. The second kappa shape index (κ2) is 8.14. The molecule has 0 saturated carbocycles. The molecule has 8 heteroatoms. The van der Waals surface area contributed by atoms with Crippen LogP contribution in [0.4, 0.5) is 8.78 Å². The van der Waals surface area contributed by atoms with Crippen molar-refractivity contribution in [2.45, 2.75) is 24.3 Å². The number of carbonyl (C=O) groups excluding carboxylic acids is 1. The molecule has 1 saturated heterocycles. The van der Waals surface area contributed by atoms with Gasteiger partial charge in [0, 0.05) is 19.6 Å². The summed E-state index contributed by atoms with van der Waals surface area (Å²) in [4.78, 5) is 12.4. The first-order valence-corrected chi connectivity index (χ1v) is 10.1. The summed E-state index contributed by atoms with van der Waals surface area (Å²) in [6, 6.07) is 10.5. The van der Waals surface area contributed by atoms with E-state index in [0.717, 1.165) is 17.7 Å². The number of benzene rings is 2. The van der Waals surface area contributed by atoms with Gasteiger partial charge in [-0.05, 0) is 54.8 Å². The zero-order chi connectivity index (χ0) is 19.4. The van der Waals surface area contributed by atoms with Gasteiger partial charge in [-0.15, -0.1) is 0 Å². The Balaban J connectivity index is 1.63. The SMILES string of the molecule is O=C(NCc1ccc(F)cc1)[C@@H]1CCCN(S(=O)(=O)c2ccc(F)cc2)C1. The maximum absolute atomic E-state index is 13.0. The average molecular weight is 394 g/mol. The van der Waals surface area contributed by atoms with Gasteiger partial charge in [0.25, 0.3) is 0 Å². The van der Waals surface area contributed by atoms with E-state index in [1.807, 2.05) is 0 Å². The van der Waals surface area contributed by atoms with Crippen molar-refractivity contribution in [3.8, 4) is 0 Å². The van der Waals surface area contributed by atoms with Gasteiger partial charge >= 0.3 is 0 Å². The molecule has 1 aliphatic rings. The van der Waals surface area contributed by atoms with Crippen LogP contribution in [0.2, 0.25) is 0 Å². The molecule has 0 aromatic heterocycles. The molecule has 1 N–H and O–H groups in total. The zero-order valence-electron chi connectivity index (χ0n) is 14.6. The molecule has 5 nitrogen and oxygen atoms in total. The third kappa shape index (κ3) is 4.70. The summed E-state index contributed by atoms with van der Waals surface area (Å²) in [5, 5.41) is 2.77. The molecule has 27 heavy (non-hydrogen) atoms. The maximum Gasteiger partial charge on any atom is 0.243 e. The monoisotopic (exact) mass is 394 g/mol. The molecule has 0 radical (unpaired) electrons. The molecule has 1 heterocycles. The van der Waals surface area contributed by atoms with Crippen molar-refractivity contribution in [1.82, 2.24) is 9.62 Å². The summed E-state index contributed by atoms with van der Waals surface area (Å²) in [7, 11) is -3.77. The van der Waals surface area contributed by atoms with E-state index in [-0.39, 0.29) is 29.7 Å². The Morgan fingerprint density at radius 3 is 2.26 bits per heavy atom. The largest absolute Gasteiger partial charge is 0.352 e. The van der Waals surface area contributed by atoms with E-state index in [0.29, 0.717) is 19.4 Å². The molecular formula is C19H20F2N2O3S. The van der Waals surface area contributed by atoms with Crippen LogP contribution in [0.15, 0.2) is 53.4 Å². The lowest BCUT2D eigenvalue weighted by molar-refractivity contribution is -0.126. The van der Waals surface area contributed by atoms with Crippen molar-refractivity contribution in [2.75, 3.05) is 13.1 Å². The van der Waals surface area contributed by atoms with Crippen molar-refractivity contribution < 1.29 is 22.0 Å². The number of amides is 1. The van der Waals surface area contributed by atoms with Gasteiger partial charge in [0.1, 0.15) is 11.6 Å². The second-order valence-corrected chi connectivity index (χ2v) is 8.44. The molecule has 3 rings (SSSR count). The van der Waals surface area contributed by atoms with E-state index in [1.54, 1.807) is 12.1 Å². The lowest BCUT2D eigenvalue weighted by Crippen LogP contribution is -2.45. The Labute approximate surface area is 157 Å². The molecular weight excluding hydrogens is 374 g/mol. The summed E-state index contributed by atoms with van der Waals surface area (Å²) >= 11 is 0. The van der Waals surface area contributed by atoms with Gasteiger partial charge in [0.2, 0.25) is 15.9 Å². The third-order valence-corrected chi connectivity index (χ3v) is 6.47. The molecule has 0 unspecified atom stereocenters. The van der Waals surface area contributed by atoms with Gasteiger partial charge in [0.15, 0.2) is 0 Å². The summed E-state index contributed by atoms with van der Waals surface area (Å²) in [5.74, 6) is -1.56. The summed E-state index contributed by atoms with van der Waals surface area (Å²) in [6.07, 6.45) is 1.15. The van der Waals surface area contributed by atoms with Crippen molar-refractivity contribution in [3.63, 3.8) is 0 Å². The first-order valence-electron chi connectivity index (χ1n) is 8.64. The number of halogens is 2. The predicted octanol–water partition coefficient (Wildman–Crippen LogP) is 2.68. The van der Waals surface area contributed by atoms with Crippen molar-refractivity contribution in [1.29, 1.82) is 0 Å². The number of nitrogens with zero attached hydrogens (tertiary/aromatic N) is 1. The van der Waals surface area contributed by atoms with Crippen LogP contribution in [0.1, 0.15) is 18.4 Å². The molecule has 1 fully saturated rings. The molecule has 1 aliphatic heterocycles. The van der Waals surface area contributed by atoms with E-state index in [2.05, 4.69) is 5.32 Å². The number of carbonyl (C=O) groups is 1. The quantitative estimate of drug-likeness (QED) is 0.848. The number of nitrogens with one attached hydrogen (secondary N) is 1. The van der Waals surface area contributed by atoms with Gasteiger partial charge in [-0.1, -0.05) is 12.1 Å². The highest BCUT2D eigenvalue weighted by molar-refractivity contribution is 7.89. The van der Waals surface area contributed by atoms with Crippen molar-refractivity contribution >= 4 is 15.9 Å². The fourth-order valence-electron chi connectivity index (χ4n) is 3.07. The van der Waals surface area contributed by atoms with E-state index >= 15 is 0 Å². The highest BCUT2D eigenvalue weighted by Crippen LogP contribution is 2.24. The van der Waals surface area contributed by atoms with Crippen molar-refractivity contribution in [3.05, 3.63) is 65.7 Å². The van der Waals surface area contributed by atoms with Crippen LogP contribution in [-0.4, -0.2) is 31.7 Å². The minimum Gasteiger partial charge on any atom is -0.352 e. The van der Waals surface area contributed by atoms with Gasteiger partial charge in [0.05, 0.1) is 10.8 Å². The lowest BCUT2D eigenvalue weighted by Gasteiger charge is -2.31. The Bertz CT molecular complexity index is 900. The Kier molecular flexibility index (Phi) is 5.86. The molecule has 0 bridgehead atoms. The predicted molar refractivity (Wildman–Crippen MR) is 96.1 cm³/mol. The Morgan fingerprint density at radius 2 is 1.63 bits per heavy atom. The summed E-state index contributed by atoms with van der Waals surface area (Å²) in [5.41, 5.74) is 0.761. The van der Waals surface area contributed by atoms with Crippen LogP contribution in [0.25, 0.3) is 0 Å². The number of sulfonamides is 1. The minimum absolute atomic E-state index is 0.0104. The van der Waals surface area contributed by atoms with Gasteiger partial charge < -0.3 is 5.32 Å². The second-order valence-electron chi connectivity index (χ2n) is 6.50. The van der Waals surface area contributed by atoms with E-state index < -0.39 is 21.8 Å². The van der Waals surface area contributed by atoms with Crippen LogP contribution >= 0.6 is 0 Å². The van der Waals surface area contributed by atoms with Crippen LogP contribution in [0.5, 0.6) is 0 Å². The van der Waals surface area contributed by atoms with Gasteiger partial charge in [-0.2, -0.15) is 4.31 Å². The highest BCUT2D eigenvalue weighted by atomic mass is 32.2. The molecule has 0 aliphatic carbocycles. The molecule has 1 atom stereocenters. The Morgan fingerprint density at radius 1 is 1.04 bits per heavy atom. The molecule has 144 valence electrons. The number of piperidine rings is 1. The zero-order valence-corrected chi connectivity index (χ0v) is 15.4. The number of hydrogen-bond acceptors (Lipinski definition) is 3. The average Bonchev–Trinajstić information content (AvgIpc) is 2.68. The maximum atomic E-state index is 13.0. The number of hydrogen-bond donors (Lipinski definition) is 1. The van der Waals surface area contributed by atoms with Crippen LogP contribution < -0.4 is 5.32 Å². The normalized spacial score (nSPS) is 18.2. The molecule has 0 spiro atoms. The van der Waals surface area contributed by atoms with Gasteiger partial charge in [-0.3, -0.25) is 4.79 Å². The van der Waals surface area contributed by atoms with Crippen LogP contribution in [0, 0.1) is 17.6 Å². The fourth-order valence-corrected chi connectivity index (χ4v) is 4.59. The smallest absolute Gasteiger partial charge is 0.243 e. The van der Waals surface area contributed by atoms with E-state index in [4.69, 9.17) is 0 Å². The van der Waals surface area contributed by atoms with Gasteiger partial charge in [-0.25, -0.2) is 17.2 Å². The van der Waals surface area contributed by atoms with Crippen LogP contribution in [0.3, 0.4) is 0 Å². The first kappa shape index (κ1) is 19.4. The standard InChI is InChI=1S/C19H20F2N2O3S/c20-16-5-3-14(4-6-16)12-22-19(24)15-2-1-11-23(13-15)27(25,26)18-9-7-17(21)8-10-18/h3-10,15H,1-2,11-13H2,(H,22,24)/t15-/m1/s1. The molecule has 2 aromatic carbocycles. The highest BCUT2D eigenvalue weighted by Gasteiger charge is 2.33. The fraction of sp³-hybridized carbons (Fsp3) is 0.316. The van der Waals surface area contributed by atoms with Crippen LogP contribution in [-0.2, 0) is 21.4 Å². The van der Waals surface area contributed by atoms with E-state index in [9.17, 15) is 22.0 Å². The topological polar surface area (TPSA) is 66.5 Å². The number of rotatable bonds is 5.